The van der Waals surface area contributed by atoms with Crippen LogP contribution >= 0.6 is 0 Å². The van der Waals surface area contributed by atoms with Crippen LogP contribution in [-0.4, -0.2) is 37.7 Å². The second kappa shape index (κ2) is 6.95. The van der Waals surface area contributed by atoms with Gasteiger partial charge in [0.15, 0.2) is 0 Å². The Kier molecular flexibility index (Phi) is 4.99. The van der Waals surface area contributed by atoms with Crippen LogP contribution in [0.2, 0.25) is 0 Å². The SMILES string of the molecule is COCC1CCN(Cc2cc(C)c(CNC3CC3)o2)CC1. The number of hydrogen-bond acceptors (Lipinski definition) is 4. The molecule has 2 aliphatic rings. The quantitative estimate of drug-likeness (QED) is 0.838. The minimum atomic E-state index is 0.734. The molecule has 1 saturated carbocycles. The van der Waals surface area contributed by atoms with Crippen molar-refractivity contribution in [1.29, 1.82) is 0 Å². The molecular weight excluding hydrogens is 264 g/mol. The molecule has 4 nitrogen and oxygen atoms in total. The summed E-state index contributed by atoms with van der Waals surface area (Å²) in [5.74, 6) is 2.97. The number of likely N-dealkylation sites (tertiary alicyclic amines) is 1. The van der Waals surface area contributed by atoms with Gasteiger partial charge in [-0.3, -0.25) is 4.90 Å². The number of ether oxygens (including phenoxy) is 1. The van der Waals surface area contributed by atoms with Crippen molar-refractivity contribution in [2.24, 2.45) is 5.92 Å². The van der Waals surface area contributed by atoms with Gasteiger partial charge in [-0.1, -0.05) is 0 Å². The van der Waals surface area contributed by atoms with Crippen LogP contribution < -0.4 is 5.32 Å². The summed E-state index contributed by atoms with van der Waals surface area (Å²) in [7, 11) is 1.80. The molecular formula is C17H28N2O2. The molecule has 0 spiro atoms. The number of nitrogens with one attached hydrogen (secondary N) is 1. The molecule has 4 heteroatoms. The number of piperidine rings is 1. The summed E-state index contributed by atoms with van der Waals surface area (Å²) in [6, 6.07) is 2.95. The third kappa shape index (κ3) is 4.31. The Bertz CT molecular complexity index is 446. The molecule has 0 bridgehead atoms. The molecule has 0 radical (unpaired) electrons. The number of aryl methyl sites for hydroxylation is 1. The van der Waals surface area contributed by atoms with E-state index in [9.17, 15) is 0 Å². The van der Waals surface area contributed by atoms with Gasteiger partial charge in [-0.15, -0.1) is 0 Å². The zero-order chi connectivity index (χ0) is 14.7. The minimum absolute atomic E-state index is 0.734. The summed E-state index contributed by atoms with van der Waals surface area (Å²) in [6.07, 6.45) is 5.12. The van der Waals surface area contributed by atoms with E-state index in [1.807, 2.05) is 0 Å². The Morgan fingerprint density at radius 3 is 2.71 bits per heavy atom. The highest BCUT2D eigenvalue weighted by Gasteiger charge is 2.22. The predicted molar refractivity (Wildman–Crippen MR) is 83.2 cm³/mol. The average Bonchev–Trinajstić information content (AvgIpc) is 3.24. The number of hydrogen-bond donors (Lipinski definition) is 1. The van der Waals surface area contributed by atoms with E-state index in [4.69, 9.17) is 9.15 Å². The van der Waals surface area contributed by atoms with Crippen LogP contribution in [0, 0.1) is 12.8 Å². The van der Waals surface area contributed by atoms with Crippen LogP contribution in [0.5, 0.6) is 0 Å². The highest BCUT2D eigenvalue weighted by molar-refractivity contribution is 5.20. The second-order valence-electron chi connectivity index (χ2n) is 6.65. The van der Waals surface area contributed by atoms with Crippen molar-refractivity contribution in [3.8, 4) is 0 Å². The largest absolute Gasteiger partial charge is 0.463 e. The van der Waals surface area contributed by atoms with Crippen LogP contribution in [0.4, 0.5) is 0 Å². The number of furan rings is 1. The maximum atomic E-state index is 6.04. The van der Waals surface area contributed by atoms with E-state index in [1.165, 1.54) is 31.2 Å². The normalized spacial score (nSPS) is 21.0. The van der Waals surface area contributed by atoms with Gasteiger partial charge < -0.3 is 14.5 Å². The minimum Gasteiger partial charge on any atom is -0.463 e. The summed E-state index contributed by atoms with van der Waals surface area (Å²) in [6.45, 7) is 7.20. The smallest absolute Gasteiger partial charge is 0.120 e. The lowest BCUT2D eigenvalue weighted by Gasteiger charge is -2.30. The Morgan fingerprint density at radius 1 is 1.29 bits per heavy atom. The van der Waals surface area contributed by atoms with Crippen molar-refractivity contribution in [3.05, 3.63) is 23.2 Å². The average molecular weight is 292 g/mol. The van der Waals surface area contributed by atoms with Crippen molar-refractivity contribution in [3.63, 3.8) is 0 Å². The van der Waals surface area contributed by atoms with Gasteiger partial charge in [0.25, 0.3) is 0 Å². The summed E-state index contributed by atoms with van der Waals surface area (Å²) in [5.41, 5.74) is 1.28. The van der Waals surface area contributed by atoms with Crippen LogP contribution in [0.25, 0.3) is 0 Å². The zero-order valence-corrected chi connectivity index (χ0v) is 13.4. The van der Waals surface area contributed by atoms with Crippen molar-refractivity contribution >= 4 is 0 Å². The lowest BCUT2D eigenvalue weighted by Crippen LogP contribution is -2.34. The number of rotatable bonds is 7. The summed E-state index contributed by atoms with van der Waals surface area (Å²) in [4.78, 5) is 2.50. The molecule has 1 aromatic heterocycles. The summed E-state index contributed by atoms with van der Waals surface area (Å²) in [5, 5.41) is 3.53. The van der Waals surface area contributed by atoms with E-state index in [2.05, 4.69) is 23.2 Å². The third-order valence-corrected chi connectivity index (χ3v) is 4.69. The molecule has 0 amide bonds. The van der Waals surface area contributed by atoms with E-state index < -0.39 is 0 Å². The van der Waals surface area contributed by atoms with E-state index >= 15 is 0 Å². The first-order valence-corrected chi connectivity index (χ1v) is 8.27. The molecule has 3 rings (SSSR count). The van der Waals surface area contributed by atoms with E-state index in [0.717, 1.165) is 56.3 Å². The fourth-order valence-corrected chi connectivity index (χ4v) is 3.14. The standard InChI is InChI=1S/C17H28N2O2/c1-13-9-16(21-17(13)10-18-15-3-4-15)11-19-7-5-14(6-8-19)12-20-2/h9,14-15,18H,3-8,10-12H2,1-2H3. The van der Waals surface area contributed by atoms with E-state index in [-0.39, 0.29) is 0 Å². The van der Waals surface area contributed by atoms with Gasteiger partial charge in [0.2, 0.25) is 0 Å². The molecule has 118 valence electrons. The van der Waals surface area contributed by atoms with Gasteiger partial charge in [0.05, 0.1) is 13.1 Å². The van der Waals surface area contributed by atoms with Crippen molar-refractivity contribution in [2.75, 3.05) is 26.8 Å². The van der Waals surface area contributed by atoms with Crippen LogP contribution in [0.1, 0.15) is 42.8 Å². The highest BCUT2D eigenvalue weighted by atomic mass is 16.5. The monoisotopic (exact) mass is 292 g/mol. The topological polar surface area (TPSA) is 37.6 Å². The van der Waals surface area contributed by atoms with Gasteiger partial charge in [0, 0.05) is 19.8 Å². The van der Waals surface area contributed by atoms with E-state index in [0.29, 0.717) is 0 Å². The Labute approximate surface area is 127 Å². The lowest BCUT2D eigenvalue weighted by molar-refractivity contribution is 0.0937. The molecule has 21 heavy (non-hydrogen) atoms. The van der Waals surface area contributed by atoms with Crippen molar-refractivity contribution in [2.45, 2.75) is 51.7 Å². The molecule has 1 aliphatic carbocycles. The second-order valence-corrected chi connectivity index (χ2v) is 6.65. The number of nitrogens with zero attached hydrogens (tertiary/aromatic N) is 1. The maximum Gasteiger partial charge on any atom is 0.120 e. The molecule has 2 fully saturated rings. The van der Waals surface area contributed by atoms with Gasteiger partial charge in [-0.05, 0) is 63.2 Å². The first kappa shape index (κ1) is 15.1. The lowest BCUT2D eigenvalue weighted by atomic mass is 9.98. The summed E-state index contributed by atoms with van der Waals surface area (Å²) >= 11 is 0. The predicted octanol–water partition coefficient (Wildman–Crippen LogP) is 2.70. The molecule has 0 atom stereocenters. The van der Waals surface area contributed by atoms with Gasteiger partial charge in [-0.2, -0.15) is 0 Å². The Hall–Kier alpha value is -0.840. The van der Waals surface area contributed by atoms with Crippen LogP contribution in [-0.2, 0) is 17.8 Å². The van der Waals surface area contributed by atoms with Crippen LogP contribution in [0.15, 0.2) is 10.5 Å². The fraction of sp³-hybridized carbons (Fsp3) is 0.765. The molecule has 0 aromatic carbocycles. The molecule has 1 saturated heterocycles. The fourth-order valence-electron chi connectivity index (χ4n) is 3.14. The summed E-state index contributed by atoms with van der Waals surface area (Å²) < 4.78 is 11.3. The van der Waals surface area contributed by atoms with Crippen molar-refractivity contribution < 1.29 is 9.15 Å². The van der Waals surface area contributed by atoms with Gasteiger partial charge >= 0.3 is 0 Å². The Morgan fingerprint density at radius 2 is 2.05 bits per heavy atom. The van der Waals surface area contributed by atoms with E-state index in [1.54, 1.807) is 7.11 Å². The molecule has 1 aliphatic heterocycles. The third-order valence-electron chi connectivity index (χ3n) is 4.69. The molecule has 2 heterocycles. The van der Waals surface area contributed by atoms with Gasteiger partial charge in [-0.25, -0.2) is 0 Å². The first-order valence-electron chi connectivity index (χ1n) is 8.27. The molecule has 1 aromatic rings. The molecule has 1 N–H and O–H groups in total. The van der Waals surface area contributed by atoms with Gasteiger partial charge in [0.1, 0.15) is 11.5 Å². The Balaban J connectivity index is 1.47. The van der Waals surface area contributed by atoms with Crippen molar-refractivity contribution in [1.82, 2.24) is 10.2 Å². The van der Waals surface area contributed by atoms with Crippen LogP contribution in [0.3, 0.4) is 0 Å². The maximum absolute atomic E-state index is 6.04. The zero-order valence-electron chi connectivity index (χ0n) is 13.4. The first-order chi connectivity index (χ1) is 10.2. The molecule has 0 unspecified atom stereocenters. The highest BCUT2D eigenvalue weighted by Crippen LogP contribution is 2.23. The number of methoxy groups -OCH3 is 1.